The van der Waals surface area contributed by atoms with Crippen molar-refractivity contribution in [1.29, 1.82) is 0 Å². The molecule has 0 spiro atoms. The zero-order chi connectivity index (χ0) is 32.0. The molecular formula is C39H63NO4. The molecule has 0 aromatic rings. The van der Waals surface area contributed by atoms with Gasteiger partial charge in [0.05, 0.1) is 17.4 Å². The lowest BCUT2D eigenvalue weighted by molar-refractivity contribution is -0.247. The molecule has 0 aromatic carbocycles. The van der Waals surface area contributed by atoms with Gasteiger partial charge in [0.15, 0.2) is 0 Å². The van der Waals surface area contributed by atoms with Gasteiger partial charge in [0.2, 0.25) is 5.91 Å². The zero-order valence-electron chi connectivity index (χ0n) is 29.1. The minimum Gasteiger partial charge on any atom is -0.481 e. The Bertz CT molecular complexity index is 1170. The molecule has 0 aromatic heterocycles. The maximum Gasteiger partial charge on any atom is 0.306 e. The number of hydrogen-bond acceptors (Lipinski definition) is 3. The number of fused-ring (bicyclic) bond motifs is 7. The number of amides is 1. The fourth-order valence-electron chi connectivity index (χ4n) is 14.0. The topological polar surface area (TPSA) is 77.8 Å². The van der Waals surface area contributed by atoms with Crippen molar-refractivity contribution in [2.75, 3.05) is 13.1 Å². The van der Waals surface area contributed by atoms with Crippen molar-refractivity contribution in [3.8, 4) is 0 Å². The largest absolute Gasteiger partial charge is 0.481 e. The number of likely N-dealkylation sites (tertiary alicyclic amines) is 1. The summed E-state index contributed by atoms with van der Waals surface area (Å²) in [5.41, 5.74) is 1.63. The summed E-state index contributed by atoms with van der Waals surface area (Å²) in [5.74, 6) is 2.12. The van der Waals surface area contributed by atoms with Gasteiger partial charge in [0.1, 0.15) is 0 Å². The summed E-state index contributed by atoms with van der Waals surface area (Å²) in [7, 11) is 0. The number of carbonyl (C=O) groups excluding carboxylic acids is 1. The molecule has 0 radical (unpaired) electrons. The fraction of sp³-hybridized carbons (Fsp3) is 0.897. The smallest absolute Gasteiger partial charge is 0.306 e. The lowest BCUT2D eigenvalue weighted by Gasteiger charge is -2.73. The van der Waals surface area contributed by atoms with Crippen LogP contribution in [0, 0.1) is 68.5 Å². The summed E-state index contributed by atoms with van der Waals surface area (Å²) in [6.45, 7) is 22.7. The number of hydrogen-bond donors (Lipinski definition) is 2. The molecule has 1 saturated heterocycles. The van der Waals surface area contributed by atoms with E-state index in [9.17, 15) is 19.8 Å². The summed E-state index contributed by atoms with van der Waals surface area (Å²) in [6.07, 6.45) is 13.3. The van der Waals surface area contributed by atoms with Gasteiger partial charge in [-0.3, -0.25) is 9.59 Å². The van der Waals surface area contributed by atoms with Crippen molar-refractivity contribution in [3.63, 3.8) is 0 Å². The second-order valence-electron chi connectivity index (χ2n) is 18.2. The van der Waals surface area contributed by atoms with Gasteiger partial charge in [-0.25, -0.2) is 0 Å². The van der Waals surface area contributed by atoms with Crippen LogP contribution < -0.4 is 0 Å². The van der Waals surface area contributed by atoms with E-state index in [4.69, 9.17) is 0 Å². The number of carboxylic acids is 1. The molecule has 248 valence electrons. The van der Waals surface area contributed by atoms with Crippen molar-refractivity contribution in [2.45, 2.75) is 138 Å². The second-order valence-corrected chi connectivity index (χ2v) is 18.2. The Morgan fingerprint density at radius 1 is 0.841 bits per heavy atom. The van der Waals surface area contributed by atoms with Crippen LogP contribution in [0.4, 0.5) is 0 Å². The fourth-order valence-corrected chi connectivity index (χ4v) is 14.0. The molecule has 1 amide bonds. The number of carboxylic acid groups (broad SMARTS) is 1. The number of nitrogens with zero attached hydrogens (tertiary/aromatic N) is 1. The van der Waals surface area contributed by atoms with Crippen LogP contribution in [-0.2, 0) is 9.59 Å². The molecule has 44 heavy (non-hydrogen) atoms. The molecule has 5 nitrogen and oxygen atoms in total. The van der Waals surface area contributed by atoms with Crippen LogP contribution >= 0.6 is 0 Å². The van der Waals surface area contributed by atoms with Crippen molar-refractivity contribution in [2.24, 2.45) is 68.5 Å². The van der Waals surface area contributed by atoms with Crippen molar-refractivity contribution < 1.29 is 19.8 Å². The summed E-state index contributed by atoms with van der Waals surface area (Å²) in [5, 5.41) is 20.8. The van der Waals surface area contributed by atoms with Crippen LogP contribution in [0.15, 0.2) is 12.2 Å². The molecule has 2 N–H and O–H groups in total. The monoisotopic (exact) mass is 609 g/mol. The van der Waals surface area contributed by atoms with E-state index in [1.54, 1.807) is 0 Å². The maximum absolute atomic E-state index is 14.8. The van der Waals surface area contributed by atoms with E-state index in [2.05, 4.69) is 53.0 Å². The number of aliphatic hydroxyl groups is 1. The highest BCUT2D eigenvalue weighted by Gasteiger charge is 2.72. The van der Waals surface area contributed by atoms with E-state index < -0.39 is 5.97 Å². The second kappa shape index (κ2) is 10.8. The normalized spacial score (nSPS) is 47.5. The first kappa shape index (κ1) is 32.6. The average molecular weight is 610 g/mol. The number of aliphatic carboxylic acids is 1. The third kappa shape index (κ3) is 4.32. The molecule has 11 atom stereocenters. The molecule has 1 heterocycles. The van der Waals surface area contributed by atoms with Gasteiger partial charge < -0.3 is 15.1 Å². The molecular weight excluding hydrogens is 546 g/mol. The highest BCUT2D eigenvalue weighted by molar-refractivity contribution is 5.84. The molecule has 5 saturated carbocycles. The summed E-state index contributed by atoms with van der Waals surface area (Å²) in [6, 6.07) is 0. The van der Waals surface area contributed by atoms with Gasteiger partial charge in [-0.2, -0.15) is 0 Å². The Kier molecular flexibility index (Phi) is 8.03. The summed E-state index contributed by atoms with van der Waals surface area (Å²) < 4.78 is 0. The van der Waals surface area contributed by atoms with Crippen molar-refractivity contribution >= 4 is 11.9 Å². The molecule has 6 aliphatic rings. The minimum atomic E-state index is -0.678. The molecule has 5 heteroatoms. The van der Waals surface area contributed by atoms with Gasteiger partial charge in [0, 0.05) is 13.1 Å². The lowest BCUT2D eigenvalue weighted by atomic mass is 9.32. The van der Waals surface area contributed by atoms with E-state index in [-0.39, 0.29) is 45.0 Å². The minimum absolute atomic E-state index is 0.0359. The number of aliphatic hydroxyl groups excluding tert-OH is 1. The highest BCUT2D eigenvalue weighted by atomic mass is 16.4. The molecule has 6 rings (SSSR count). The van der Waals surface area contributed by atoms with E-state index in [1.165, 1.54) is 31.3 Å². The average Bonchev–Trinajstić information content (AvgIpc) is 3.37. The molecule has 5 aliphatic carbocycles. The molecule has 1 aliphatic heterocycles. The highest BCUT2D eigenvalue weighted by Crippen LogP contribution is 2.77. The predicted octanol–water partition coefficient (Wildman–Crippen LogP) is 8.35. The SMILES string of the molecule is C=C(C)[C@@H]1CC[C@]2(C(=O)N3CCC(C(CC)C(=O)O)CC3)CC[C@]3(C)[C@H](CCC4[C@@]5(C)CC[C@H](O)C(C)(C)[C@@H]5CC[C@]43C)[C@@H]12. The van der Waals surface area contributed by atoms with Crippen LogP contribution in [0.5, 0.6) is 0 Å². The van der Waals surface area contributed by atoms with Crippen molar-refractivity contribution in [1.82, 2.24) is 4.90 Å². The Labute approximate surface area is 268 Å². The van der Waals surface area contributed by atoms with Crippen LogP contribution in [-0.4, -0.2) is 46.2 Å². The van der Waals surface area contributed by atoms with E-state index in [0.29, 0.717) is 55.0 Å². The first-order valence-electron chi connectivity index (χ1n) is 18.4. The van der Waals surface area contributed by atoms with Crippen LogP contribution in [0.2, 0.25) is 0 Å². The van der Waals surface area contributed by atoms with E-state index in [0.717, 1.165) is 51.4 Å². The Hall–Kier alpha value is -1.36. The molecule has 6 fully saturated rings. The number of piperidine rings is 1. The Morgan fingerprint density at radius 3 is 2.14 bits per heavy atom. The maximum atomic E-state index is 14.8. The number of carbonyl (C=O) groups is 2. The van der Waals surface area contributed by atoms with Crippen LogP contribution in [0.3, 0.4) is 0 Å². The Balaban J connectivity index is 1.30. The van der Waals surface area contributed by atoms with Gasteiger partial charge in [0.25, 0.3) is 0 Å². The number of allylic oxidation sites excluding steroid dienone is 1. The first-order chi connectivity index (χ1) is 20.6. The predicted molar refractivity (Wildman–Crippen MR) is 176 cm³/mol. The van der Waals surface area contributed by atoms with Crippen molar-refractivity contribution in [3.05, 3.63) is 12.2 Å². The third-order valence-electron chi connectivity index (χ3n) is 16.6. The van der Waals surface area contributed by atoms with Gasteiger partial charge in [-0.15, -0.1) is 0 Å². The van der Waals surface area contributed by atoms with Gasteiger partial charge in [-0.1, -0.05) is 53.7 Å². The standard InChI is InChI=1S/C39H63NO4/c1-9-26(33(42)43)25-15-22-40(23-16-25)34(44)39-19-12-27(24(2)3)32(39)28-10-11-30-36(6)17-14-31(41)35(4,5)29(36)13-18-38(30,8)37(28,7)20-21-39/h25-32,41H,2,9-23H2,1,3-8H3,(H,42,43)/t26?,27-,28+,29-,30?,31-,32+,36-,37+,38+,39-/m0/s1. The number of rotatable bonds is 5. The van der Waals surface area contributed by atoms with Crippen LogP contribution in [0.1, 0.15) is 132 Å². The first-order valence-corrected chi connectivity index (χ1v) is 18.4. The Morgan fingerprint density at radius 2 is 1.52 bits per heavy atom. The zero-order valence-corrected chi connectivity index (χ0v) is 29.1. The van der Waals surface area contributed by atoms with Crippen LogP contribution in [0.25, 0.3) is 0 Å². The van der Waals surface area contributed by atoms with Gasteiger partial charge in [-0.05, 0) is 148 Å². The summed E-state index contributed by atoms with van der Waals surface area (Å²) in [4.78, 5) is 28.9. The molecule has 0 bridgehead atoms. The quantitative estimate of drug-likeness (QED) is 0.307. The lowest BCUT2D eigenvalue weighted by Crippen LogP contribution is -2.67. The van der Waals surface area contributed by atoms with E-state index in [1.807, 2.05) is 6.92 Å². The molecule has 2 unspecified atom stereocenters. The summed E-state index contributed by atoms with van der Waals surface area (Å²) >= 11 is 0. The van der Waals surface area contributed by atoms with Gasteiger partial charge >= 0.3 is 5.97 Å². The third-order valence-corrected chi connectivity index (χ3v) is 16.6. The van der Waals surface area contributed by atoms with E-state index >= 15 is 0 Å².